The molecule has 0 heterocycles. The van der Waals surface area contributed by atoms with Gasteiger partial charge in [0.05, 0.1) is 19.3 Å². The molecule has 0 aliphatic heterocycles. The maximum absolute atomic E-state index is 12.9. The van der Waals surface area contributed by atoms with E-state index in [2.05, 4.69) is 5.32 Å². The molecular formula is C12H16FNO3. The third-order valence-corrected chi connectivity index (χ3v) is 2.15. The first-order valence-corrected chi connectivity index (χ1v) is 5.43. The van der Waals surface area contributed by atoms with Crippen LogP contribution in [-0.4, -0.2) is 30.8 Å². The van der Waals surface area contributed by atoms with Gasteiger partial charge in [-0.15, -0.1) is 0 Å². The number of ether oxygens (including phenoxy) is 1. The van der Waals surface area contributed by atoms with Crippen LogP contribution in [0.1, 0.15) is 18.6 Å². The third-order valence-electron chi connectivity index (χ3n) is 2.15. The molecule has 0 aliphatic carbocycles. The number of benzene rings is 1. The summed E-state index contributed by atoms with van der Waals surface area (Å²) in [5.41, 5.74) is 0.473. The van der Waals surface area contributed by atoms with E-state index in [0.29, 0.717) is 12.2 Å². The highest BCUT2D eigenvalue weighted by atomic mass is 19.1. The number of aliphatic hydroxyl groups is 1. The molecule has 0 saturated carbocycles. The van der Waals surface area contributed by atoms with Crippen molar-refractivity contribution < 1.29 is 19.0 Å². The maximum atomic E-state index is 12.9. The smallest absolute Gasteiger partial charge is 0.319 e. The zero-order valence-corrected chi connectivity index (χ0v) is 9.65. The van der Waals surface area contributed by atoms with E-state index in [4.69, 9.17) is 4.74 Å². The van der Waals surface area contributed by atoms with Crippen LogP contribution < -0.4 is 5.32 Å². The van der Waals surface area contributed by atoms with Crippen molar-refractivity contribution in [3.8, 4) is 0 Å². The van der Waals surface area contributed by atoms with Crippen molar-refractivity contribution in [3.63, 3.8) is 0 Å². The molecule has 17 heavy (non-hydrogen) atoms. The van der Waals surface area contributed by atoms with E-state index in [1.807, 2.05) is 0 Å². The van der Waals surface area contributed by atoms with Gasteiger partial charge in [0.1, 0.15) is 5.82 Å². The number of hydrogen-bond acceptors (Lipinski definition) is 4. The highest BCUT2D eigenvalue weighted by Gasteiger charge is 2.09. The van der Waals surface area contributed by atoms with Crippen LogP contribution in [0.4, 0.5) is 4.39 Å². The number of carbonyl (C=O) groups is 1. The van der Waals surface area contributed by atoms with Gasteiger partial charge in [-0.3, -0.25) is 4.79 Å². The average molecular weight is 241 g/mol. The fourth-order valence-corrected chi connectivity index (χ4v) is 1.35. The molecule has 0 aromatic heterocycles. The Hall–Kier alpha value is -1.46. The number of nitrogens with one attached hydrogen (secondary N) is 1. The van der Waals surface area contributed by atoms with Crippen LogP contribution in [0.5, 0.6) is 0 Å². The summed E-state index contributed by atoms with van der Waals surface area (Å²) in [6.07, 6.45) is -0.847. The summed E-state index contributed by atoms with van der Waals surface area (Å²) >= 11 is 0. The van der Waals surface area contributed by atoms with E-state index in [9.17, 15) is 14.3 Å². The minimum absolute atomic E-state index is 0.0280. The van der Waals surface area contributed by atoms with Crippen LogP contribution in [0.25, 0.3) is 0 Å². The predicted molar refractivity (Wildman–Crippen MR) is 60.9 cm³/mol. The predicted octanol–water partition coefficient (Wildman–Crippen LogP) is 1.01. The van der Waals surface area contributed by atoms with E-state index >= 15 is 0 Å². The standard InChI is InChI=1S/C12H16FNO3/c1-2-17-12(16)8-14-7-11(15)9-4-3-5-10(13)6-9/h3-6,11,14-15H,2,7-8H2,1H3. The average Bonchev–Trinajstić information content (AvgIpc) is 2.29. The summed E-state index contributed by atoms with van der Waals surface area (Å²) in [4.78, 5) is 11.0. The van der Waals surface area contributed by atoms with Gasteiger partial charge >= 0.3 is 5.97 Å². The van der Waals surface area contributed by atoms with E-state index in [0.717, 1.165) is 0 Å². The summed E-state index contributed by atoms with van der Waals surface area (Å²) in [6.45, 7) is 2.24. The molecule has 1 aromatic carbocycles. The lowest BCUT2D eigenvalue weighted by molar-refractivity contribution is -0.142. The van der Waals surface area contributed by atoms with Gasteiger partial charge in [0.15, 0.2) is 0 Å². The molecule has 4 nitrogen and oxygen atoms in total. The molecule has 5 heteroatoms. The fourth-order valence-electron chi connectivity index (χ4n) is 1.35. The monoisotopic (exact) mass is 241 g/mol. The molecule has 0 aliphatic rings. The normalized spacial score (nSPS) is 12.2. The second-order valence-electron chi connectivity index (χ2n) is 3.51. The maximum Gasteiger partial charge on any atom is 0.319 e. The SMILES string of the molecule is CCOC(=O)CNCC(O)c1cccc(F)c1. The van der Waals surface area contributed by atoms with Crippen molar-refractivity contribution in [2.75, 3.05) is 19.7 Å². The van der Waals surface area contributed by atoms with Crippen LogP contribution in [0, 0.1) is 5.82 Å². The van der Waals surface area contributed by atoms with Crippen LogP contribution >= 0.6 is 0 Å². The number of esters is 1. The highest BCUT2D eigenvalue weighted by Crippen LogP contribution is 2.12. The first-order chi connectivity index (χ1) is 8.13. The molecule has 1 unspecified atom stereocenters. The first kappa shape index (κ1) is 13.6. The molecule has 2 N–H and O–H groups in total. The lowest BCUT2D eigenvalue weighted by Crippen LogP contribution is -2.28. The van der Waals surface area contributed by atoms with Gasteiger partial charge in [-0.1, -0.05) is 12.1 Å². The molecule has 0 bridgehead atoms. The van der Waals surface area contributed by atoms with Gasteiger partial charge in [-0.2, -0.15) is 0 Å². The summed E-state index contributed by atoms with van der Waals surface area (Å²) < 4.78 is 17.6. The van der Waals surface area contributed by atoms with Gasteiger partial charge in [0.2, 0.25) is 0 Å². The van der Waals surface area contributed by atoms with Gasteiger partial charge in [0.25, 0.3) is 0 Å². The lowest BCUT2D eigenvalue weighted by atomic mass is 10.1. The van der Waals surface area contributed by atoms with Crippen LogP contribution in [0.2, 0.25) is 0 Å². The quantitative estimate of drug-likeness (QED) is 0.730. The van der Waals surface area contributed by atoms with Gasteiger partial charge in [-0.25, -0.2) is 4.39 Å². The molecule has 0 spiro atoms. The van der Waals surface area contributed by atoms with Crippen LogP contribution in [-0.2, 0) is 9.53 Å². The molecule has 0 fully saturated rings. The van der Waals surface area contributed by atoms with Gasteiger partial charge in [0, 0.05) is 6.54 Å². The summed E-state index contributed by atoms with van der Waals surface area (Å²) in [5.74, 6) is -0.772. The third kappa shape index (κ3) is 4.93. The zero-order chi connectivity index (χ0) is 12.7. The molecule has 1 aromatic rings. The number of halogens is 1. The Morgan fingerprint density at radius 1 is 1.59 bits per heavy atom. The molecule has 1 atom stereocenters. The molecule has 0 saturated heterocycles. The Labute approximate surface area is 99.4 Å². The van der Waals surface area contributed by atoms with Crippen molar-refractivity contribution in [3.05, 3.63) is 35.6 Å². The van der Waals surface area contributed by atoms with Gasteiger partial charge in [-0.05, 0) is 24.6 Å². The second-order valence-corrected chi connectivity index (χ2v) is 3.51. The Morgan fingerprint density at radius 3 is 3.00 bits per heavy atom. The number of aliphatic hydroxyl groups excluding tert-OH is 1. The van der Waals surface area contributed by atoms with Crippen molar-refractivity contribution in [2.24, 2.45) is 0 Å². The fraction of sp³-hybridized carbons (Fsp3) is 0.417. The Morgan fingerprint density at radius 2 is 2.35 bits per heavy atom. The van der Waals surface area contributed by atoms with Crippen LogP contribution in [0.3, 0.4) is 0 Å². The lowest BCUT2D eigenvalue weighted by Gasteiger charge is -2.11. The van der Waals surface area contributed by atoms with Gasteiger partial charge < -0.3 is 15.2 Å². The van der Waals surface area contributed by atoms with E-state index in [1.165, 1.54) is 18.2 Å². The van der Waals surface area contributed by atoms with Crippen molar-refractivity contribution in [1.29, 1.82) is 0 Å². The van der Waals surface area contributed by atoms with Crippen LogP contribution in [0.15, 0.2) is 24.3 Å². The number of hydrogen-bond donors (Lipinski definition) is 2. The number of rotatable bonds is 6. The molecular weight excluding hydrogens is 225 g/mol. The van der Waals surface area contributed by atoms with E-state index in [-0.39, 0.29) is 19.1 Å². The molecule has 0 radical (unpaired) electrons. The van der Waals surface area contributed by atoms with E-state index < -0.39 is 11.9 Å². The molecule has 0 amide bonds. The molecule has 1 rings (SSSR count). The largest absolute Gasteiger partial charge is 0.465 e. The minimum atomic E-state index is -0.847. The minimum Gasteiger partial charge on any atom is -0.465 e. The summed E-state index contributed by atoms with van der Waals surface area (Å²) in [7, 11) is 0. The second kappa shape index (κ2) is 6.98. The first-order valence-electron chi connectivity index (χ1n) is 5.43. The molecule has 94 valence electrons. The Balaban J connectivity index is 2.35. The topological polar surface area (TPSA) is 58.6 Å². The van der Waals surface area contributed by atoms with Crippen molar-refractivity contribution >= 4 is 5.97 Å². The van der Waals surface area contributed by atoms with Crippen molar-refractivity contribution in [2.45, 2.75) is 13.0 Å². The summed E-state index contributed by atoms with van der Waals surface area (Å²) in [5, 5.41) is 12.4. The number of carbonyl (C=O) groups excluding carboxylic acids is 1. The zero-order valence-electron chi connectivity index (χ0n) is 9.65. The summed E-state index contributed by atoms with van der Waals surface area (Å²) in [6, 6.07) is 5.72. The van der Waals surface area contributed by atoms with E-state index in [1.54, 1.807) is 13.0 Å². The van der Waals surface area contributed by atoms with Crippen molar-refractivity contribution in [1.82, 2.24) is 5.32 Å². The Bertz CT molecular complexity index is 371. The highest BCUT2D eigenvalue weighted by molar-refractivity contribution is 5.71. The Kier molecular flexibility index (Phi) is 5.59.